The van der Waals surface area contributed by atoms with Gasteiger partial charge < -0.3 is 0 Å². The van der Waals surface area contributed by atoms with Gasteiger partial charge in [-0.1, -0.05) is 39.8 Å². The molecule has 0 aliphatic carbocycles. The monoisotopic (exact) mass is 236 g/mol. The molecular formula is C15H24S. The molecule has 0 fully saturated rings. The van der Waals surface area contributed by atoms with Crippen LogP contribution in [0.2, 0.25) is 0 Å². The van der Waals surface area contributed by atoms with Gasteiger partial charge in [0.2, 0.25) is 0 Å². The minimum atomic E-state index is 0.721. The molecule has 0 amide bonds. The number of benzene rings is 1. The normalized spacial score (nSPS) is 13.1. The second-order valence-electron chi connectivity index (χ2n) is 4.42. The van der Waals surface area contributed by atoms with Crippen molar-refractivity contribution >= 4 is 11.8 Å². The van der Waals surface area contributed by atoms with Crippen molar-refractivity contribution in [1.29, 1.82) is 0 Å². The average Bonchev–Trinajstić information content (AvgIpc) is 2.32. The lowest BCUT2D eigenvalue weighted by molar-refractivity contribution is 0.641. The number of thioether (sulfide) groups is 1. The Morgan fingerprint density at radius 3 is 1.94 bits per heavy atom. The second-order valence-corrected chi connectivity index (χ2v) is 5.93. The van der Waals surface area contributed by atoms with E-state index in [-0.39, 0.29) is 0 Å². The van der Waals surface area contributed by atoms with Crippen molar-refractivity contribution in [2.24, 2.45) is 0 Å². The fraction of sp³-hybridized carbons (Fsp3) is 0.600. The number of rotatable bonds is 6. The molecule has 1 heteroatoms. The fourth-order valence-corrected chi connectivity index (χ4v) is 2.82. The summed E-state index contributed by atoms with van der Waals surface area (Å²) in [5.74, 6) is 0.739. The molecule has 0 radical (unpaired) electrons. The van der Waals surface area contributed by atoms with Gasteiger partial charge in [-0.15, -0.1) is 11.8 Å². The van der Waals surface area contributed by atoms with Gasteiger partial charge in [0.05, 0.1) is 0 Å². The molecule has 1 unspecified atom stereocenters. The van der Waals surface area contributed by atoms with Crippen LogP contribution < -0.4 is 0 Å². The average molecular weight is 236 g/mol. The largest absolute Gasteiger partial charge is 0.123 e. The highest BCUT2D eigenvalue weighted by molar-refractivity contribution is 7.99. The maximum atomic E-state index is 2.31. The van der Waals surface area contributed by atoms with Gasteiger partial charge in [0.25, 0.3) is 0 Å². The van der Waals surface area contributed by atoms with Crippen LogP contribution >= 0.6 is 11.8 Å². The van der Waals surface area contributed by atoms with E-state index in [0.717, 1.165) is 11.2 Å². The van der Waals surface area contributed by atoms with Crippen LogP contribution in [0.3, 0.4) is 0 Å². The van der Waals surface area contributed by atoms with Crippen LogP contribution in [-0.2, 0) is 0 Å². The smallest absolute Gasteiger partial charge is 0.00748 e. The maximum absolute atomic E-state index is 2.31. The molecule has 90 valence electrons. The van der Waals surface area contributed by atoms with Gasteiger partial charge in [0.15, 0.2) is 0 Å². The number of hydrogen-bond acceptors (Lipinski definition) is 1. The summed E-state index contributed by atoms with van der Waals surface area (Å²) in [7, 11) is 0. The molecule has 0 spiro atoms. The summed E-state index contributed by atoms with van der Waals surface area (Å²) in [6, 6.07) is 9.18. The molecule has 0 saturated carbocycles. The van der Waals surface area contributed by atoms with Crippen LogP contribution in [0.15, 0.2) is 29.2 Å². The van der Waals surface area contributed by atoms with Gasteiger partial charge in [0, 0.05) is 10.1 Å². The molecule has 0 nitrogen and oxygen atoms in total. The molecule has 1 rings (SSSR count). The molecule has 1 aromatic carbocycles. The zero-order valence-corrected chi connectivity index (χ0v) is 11.8. The van der Waals surface area contributed by atoms with Crippen LogP contribution in [0, 0.1) is 0 Å². The van der Waals surface area contributed by atoms with E-state index in [4.69, 9.17) is 0 Å². The third-order valence-electron chi connectivity index (χ3n) is 3.25. The third-order valence-corrected chi connectivity index (χ3v) is 4.53. The molecule has 0 bridgehead atoms. The predicted molar refractivity (Wildman–Crippen MR) is 75.4 cm³/mol. The number of hydrogen-bond donors (Lipinski definition) is 0. The topological polar surface area (TPSA) is 0 Å². The van der Waals surface area contributed by atoms with Crippen LogP contribution in [0.5, 0.6) is 0 Å². The molecule has 0 aromatic heterocycles. The zero-order chi connectivity index (χ0) is 12.0. The first-order valence-corrected chi connectivity index (χ1v) is 7.35. The zero-order valence-electron chi connectivity index (χ0n) is 11.0. The second kappa shape index (κ2) is 7.01. The molecule has 0 heterocycles. The van der Waals surface area contributed by atoms with E-state index in [2.05, 4.69) is 52.0 Å². The Hall–Kier alpha value is -0.430. The molecule has 0 N–H and O–H groups in total. The first kappa shape index (κ1) is 13.6. The van der Waals surface area contributed by atoms with Crippen LogP contribution in [0.1, 0.15) is 58.4 Å². The van der Waals surface area contributed by atoms with E-state index in [9.17, 15) is 0 Å². The van der Waals surface area contributed by atoms with E-state index in [1.54, 1.807) is 0 Å². The quantitative estimate of drug-likeness (QED) is 0.589. The van der Waals surface area contributed by atoms with E-state index < -0.39 is 0 Å². The van der Waals surface area contributed by atoms with Gasteiger partial charge in [-0.2, -0.15) is 0 Å². The van der Waals surface area contributed by atoms with E-state index in [1.807, 2.05) is 11.8 Å². The minimum absolute atomic E-state index is 0.721. The van der Waals surface area contributed by atoms with Crippen LogP contribution in [0.4, 0.5) is 0 Å². The molecule has 16 heavy (non-hydrogen) atoms. The Kier molecular flexibility index (Phi) is 5.97. The maximum Gasteiger partial charge on any atom is 0.00748 e. The highest BCUT2D eigenvalue weighted by atomic mass is 32.2. The Bertz CT molecular complexity index is 285. The summed E-state index contributed by atoms with van der Waals surface area (Å²) in [4.78, 5) is 1.41. The lowest BCUT2D eigenvalue weighted by Crippen LogP contribution is -1.96. The predicted octanol–water partition coefficient (Wildman–Crippen LogP) is 5.48. The fourth-order valence-electron chi connectivity index (χ4n) is 1.89. The van der Waals surface area contributed by atoms with Crippen molar-refractivity contribution in [2.75, 3.05) is 0 Å². The van der Waals surface area contributed by atoms with Crippen molar-refractivity contribution < 1.29 is 0 Å². The van der Waals surface area contributed by atoms with Gasteiger partial charge >= 0.3 is 0 Å². The van der Waals surface area contributed by atoms with Crippen molar-refractivity contribution in [3.05, 3.63) is 29.8 Å². The Morgan fingerprint density at radius 2 is 1.50 bits per heavy atom. The molecule has 0 aliphatic heterocycles. The highest BCUT2D eigenvalue weighted by Crippen LogP contribution is 2.28. The van der Waals surface area contributed by atoms with Gasteiger partial charge in [-0.3, -0.25) is 0 Å². The van der Waals surface area contributed by atoms with Gasteiger partial charge in [0.1, 0.15) is 0 Å². The lowest BCUT2D eigenvalue weighted by atomic mass is 9.94. The van der Waals surface area contributed by atoms with Crippen LogP contribution in [0.25, 0.3) is 0 Å². The highest BCUT2D eigenvalue weighted by Gasteiger charge is 2.07. The summed E-state index contributed by atoms with van der Waals surface area (Å²) in [6.45, 7) is 9.08. The van der Waals surface area contributed by atoms with Crippen molar-refractivity contribution in [3.63, 3.8) is 0 Å². The van der Waals surface area contributed by atoms with E-state index in [0.29, 0.717) is 0 Å². The molecule has 0 aliphatic rings. The van der Waals surface area contributed by atoms with E-state index >= 15 is 0 Å². The summed E-state index contributed by atoms with van der Waals surface area (Å²) in [5.41, 5.74) is 1.50. The summed E-state index contributed by atoms with van der Waals surface area (Å²) in [5, 5.41) is 0.721. The van der Waals surface area contributed by atoms with Crippen molar-refractivity contribution in [3.8, 4) is 0 Å². The Balaban J connectivity index is 2.67. The van der Waals surface area contributed by atoms with E-state index in [1.165, 1.54) is 29.7 Å². The molecule has 0 saturated heterocycles. The van der Waals surface area contributed by atoms with Gasteiger partial charge in [-0.25, -0.2) is 0 Å². The minimum Gasteiger partial charge on any atom is -0.123 e. The third kappa shape index (κ3) is 3.86. The molecule has 1 aromatic rings. The summed E-state index contributed by atoms with van der Waals surface area (Å²) < 4.78 is 0. The van der Waals surface area contributed by atoms with Crippen molar-refractivity contribution in [1.82, 2.24) is 0 Å². The van der Waals surface area contributed by atoms with Crippen molar-refractivity contribution in [2.45, 2.75) is 63.0 Å². The molecular weight excluding hydrogens is 212 g/mol. The SMILES string of the molecule is CCC(C)Sc1ccc(C(CC)CC)cc1. The summed E-state index contributed by atoms with van der Waals surface area (Å²) >= 11 is 1.98. The molecule has 1 atom stereocenters. The Labute approximate surface area is 105 Å². The van der Waals surface area contributed by atoms with Crippen LogP contribution in [-0.4, -0.2) is 5.25 Å². The lowest BCUT2D eigenvalue weighted by Gasteiger charge is -2.14. The first-order valence-electron chi connectivity index (χ1n) is 6.47. The Morgan fingerprint density at radius 1 is 0.938 bits per heavy atom. The first-order chi connectivity index (χ1) is 7.71. The van der Waals surface area contributed by atoms with Gasteiger partial charge in [-0.05, 0) is 42.9 Å². The standard InChI is InChI=1S/C15H24S/c1-5-12(4)16-15-10-8-14(9-11-15)13(6-2)7-3/h8-13H,5-7H2,1-4H3. The summed E-state index contributed by atoms with van der Waals surface area (Å²) in [6.07, 6.45) is 3.72.